The van der Waals surface area contributed by atoms with Gasteiger partial charge in [0.05, 0.1) is 10.9 Å². The maximum Gasteiger partial charge on any atom is 0.0714 e. The molecule has 0 bridgehead atoms. The molecule has 12 aromatic rings. The largest absolute Gasteiger partial charge is 0.316 e. The van der Waals surface area contributed by atoms with E-state index >= 15 is 0 Å². The van der Waals surface area contributed by atoms with Crippen LogP contribution in [0.25, 0.3) is 94.5 Å². The molecule has 70 heavy (non-hydrogen) atoms. The average Bonchev–Trinajstić information content (AvgIpc) is 3.98. The molecule has 0 radical (unpaired) electrons. The molecule has 1 aromatic heterocycles. The van der Waals surface area contributed by atoms with Crippen molar-refractivity contribution in [1.29, 1.82) is 0 Å². The van der Waals surface area contributed by atoms with E-state index in [1.807, 2.05) is 0 Å². The fourth-order valence-corrected chi connectivity index (χ4v) is 11.2. The number of nitrogens with zero attached hydrogens (tertiary/aromatic N) is 1. The second-order valence-corrected chi connectivity index (χ2v) is 18.5. The van der Waals surface area contributed by atoms with Gasteiger partial charge in [0.25, 0.3) is 0 Å². The minimum atomic E-state index is -0.516. The third-order valence-corrected chi connectivity index (χ3v) is 14.5. The first-order chi connectivity index (χ1) is 34.7. The van der Waals surface area contributed by atoms with Crippen LogP contribution in [0.5, 0.6) is 0 Å². The fraction of sp³-hybridized carbons (Fsp3) is 0.0145. The van der Waals surface area contributed by atoms with Gasteiger partial charge in [-0.15, -0.1) is 0 Å². The maximum atomic E-state index is 2.47. The standard InChI is InChI=1S/C69H47N/c1-7-21-48(22-8-1)53-39-54(49-23-9-2-10-24-49)42-57(41-53)52-35-38-68-64(45-52)65(58-43-55(50-25-11-3-12-26-50)40-56(44-58)51-27-13-4-14-28-51)47-70(68)61-36-37-63-62-33-19-20-34-66(62)69(67(63)46-61,59-29-15-5-16-30-59)60-31-17-6-18-32-60/h1-47H. The predicted molar refractivity (Wildman–Crippen MR) is 293 cm³/mol. The number of benzene rings is 11. The number of aromatic nitrogens is 1. The number of rotatable bonds is 9. The molecule has 0 saturated carbocycles. The van der Waals surface area contributed by atoms with E-state index in [2.05, 4.69) is 290 Å². The van der Waals surface area contributed by atoms with Crippen LogP contribution in [0.3, 0.4) is 0 Å². The molecule has 11 aromatic carbocycles. The molecule has 0 atom stereocenters. The zero-order valence-corrected chi connectivity index (χ0v) is 38.6. The second kappa shape index (κ2) is 17.2. The zero-order valence-electron chi connectivity index (χ0n) is 38.6. The minimum Gasteiger partial charge on any atom is -0.316 e. The Balaban J connectivity index is 1.07. The van der Waals surface area contributed by atoms with Crippen LogP contribution in [0.2, 0.25) is 0 Å². The van der Waals surface area contributed by atoms with Crippen molar-refractivity contribution in [3.05, 3.63) is 308 Å². The molecular weight excluding hydrogens is 843 g/mol. The van der Waals surface area contributed by atoms with E-state index in [9.17, 15) is 0 Å². The van der Waals surface area contributed by atoms with Crippen LogP contribution in [-0.2, 0) is 5.41 Å². The van der Waals surface area contributed by atoms with E-state index < -0.39 is 5.41 Å². The van der Waals surface area contributed by atoms with Gasteiger partial charge in [-0.05, 0) is 155 Å². The Kier molecular flexibility index (Phi) is 10.1. The zero-order chi connectivity index (χ0) is 46.4. The molecule has 1 heteroatoms. The quantitative estimate of drug-likeness (QED) is 0.136. The van der Waals surface area contributed by atoms with Crippen molar-refractivity contribution in [2.24, 2.45) is 0 Å². The van der Waals surface area contributed by atoms with Gasteiger partial charge in [-0.2, -0.15) is 0 Å². The van der Waals surface area contributed by atoms with Crippen LogP contribution in [0.1, 0.15) is 22.3 Å². The van der Waals surface area contributed by atoms with Crippen LogP contribution < -0.4 is 0 Å². The molecule has 1 aliphatic carbocycles. The van der Waals surface area contributed by atoms with Crippen molar-refractivity contribution in [2.45, 2.75) is 5.41 Å². The lowest BCUT2D eigenvalue weighted by atomic mass is 9.67. The number of fused-ring (bicyclic) bond motifs is 4. The van der Waals surface area contributed by atoms with Gasteiger partial charge in [-0.25, -0.2) is 0 Å². The highest BCUT2D eigenvalue weighted by atomic mass is 15.0. The van der Waals surface area contributed by atoms with Crippen molar-refractivity contribution in [2.75, 3.05) is 0 Å². The Morgan fingerprint density at radius 1 is 0.243 bits per heavy atom. The van der Waals surface area contributed by atoms with E-state index in [1.165, 1.54) is 106 Å². The molecule has 328 valence electrons. The highest BCUT2D eigenvalue weighted by molar-refractivity contribution is 6.01. The van der Waals surface area contributed by atoms with Gasteiger partial charge < -0.3 is 4.57 Å². The van der Waals surface area contributed by atoms with Crippen LogP contribution in [-0.4, -0.2) is 4.57 Å². The average molecular weight is 890 g/mol. The van der Waals surface area contributed by atoms with E-state index in [1.54, 1.807) is 0 Å². The molecule has 0 saturated heterocycles. The first kappa shape index (κ1) is 41.2. The highest BCUT2D eigenvalue weighted by Gasteiger charge is 2.46. The van der Waals surface area contributed by atoms with Gasteiger partial charge >= 0.3 is 0 Å². The van der Waals surface area contributed by atoms with Crippen LogP contribution in [0.15, 0.2) is 285 Å². The molecule has 0 amide bonds. The van der Waals surface area contributed by atoms with Gasteiger partial charge in [0, 0.05) is 22.8 Å². The summed E-state index contributed by atoms with van der Waals surface area (Å²) in [6.07, 6.45) is 2.39. The molecule has 0 spiro atoms. The van der Waals surface area contributed by atoms with Gasteiger partial charge in [0.2, 0.25) is 0 Å². The smallest absolute Gasteiger partial charge is 0.0714 e. The van der Waals surface area contributed by atoms with Crippen LogP contribution in [0, 0.1) is 0 Å². The molecule has 0 aliphatic heterocycles. The molecule has 1 aliphatic rings. The summed E-state index contributed by atoms with van der Waals surface area (Å²) in [7, 11) is 0. The van der Waals surface area contributed by atoms with Gasteiger partial charge in [0.1, 0.15) is 0 Å². The van der Waals surface area contributed by atoms with Crippen molar-refractivity contribution >= 4 is 10.9 Å². The molecular formula is C69H47N. The Labute approximate surface area is 409 Å². The summed E-state index contributed by atoms with van der Waals surface area (Å²) >= 11 is 0. The first-order valence-corrected chi connectivity index (χ1v) is 24.2. The molecule has 0 unspecified atom stereocenters. The summed E-state index contributed by atoms with van der Waals surface area (Å²) in [6, 6.07) is 103. The van der Waals surface area contributed by atoms with E-state index in [0.717, 1.165) is 11.2 Å². The minimum absolute atomic E-state index is 0.516. The first-order valence-electron chi connectivity index (χ1n) is 24.2. The third kappa shape index (κ3) is 7.02. The molecule has 1 heterocycles. The van der Waals surface area contributed by atoms with Crippen LogP contribution in [0.4, 0.5) is 0 Å². The van der Waals surface area contributed by atoms with E-state index in [0.29, 0.717) is 0 Å². The van der Waals surface area contributed by atoms with Crippen molar-refractivity contribution in [3.8, 4) is 83.6 Å². The lowest BCUT2D eigenvalue weighted by molar-refractivity contribution is 0.767. The van der Waals surface area contributed by atoms with E-state index in [4.69, 9.17) is 0 Å². The topological polar surface area (TPSA) is 4.93 Å². The Bertz CT molecular complexity index is 3680. The summed E-state index contributed by atoms with van der Waals surface area (Å²) < 4.78 is 2.44. The van der Waals surface area contributed by atoms with Crippen molar-refractivity contribution in [3.63, 3.8) is 0 Å². The molecule has 0 fully saturated rings. The maximum absolute atomic E-state index is 2.47. The summed E-state index contributed by atoms with van der Waals surface area (Å²) in [5, 5.41) is 1.19. The molecule has 1 nitrogen and oxygen atoms in total. The summed E-state index contributed by atoms with van der Waals surface area (Å²) in [6.45, 7) is 0. The second-order valence-electron chi connectivity index (χ2n) is 18.5. The van der Waals surface area contributed by atoms with Crippen LogP contribution >= 0.6 is 0 Å². The fourth-order valence-electron chi connectivity index (χ4n) is 11.2. The highest BCUT2D eigenvalue weighted by Crippen LogP contribution is 2.56. The van der Waals surface area contributed by atoms with Crippen molar-refractivity contribution < 1.29 is 0 Å². The molecule has 13 rings (SSSR count). The van der Waals surface area contributed by atoms with Gasteiger partial charge in [0.15, 0.2) is 0 Å². The Morgan fingerprint density at radius 3 is 1.13 bits per heavy atom. The van der Waals surface area contributed by atoms with Gasteiger partial charge in [-0.3, -0.25) is 0 Å². The van der Waals surface area contributed by atoms with E-state index in [-0.39, 0.29) is 0 Å². The Morgan fingerprint density at radius 2 is 0.643 bits per heavy atom. The summed E-state index contributed by atoms with van der Waals surface area (Å²) in [5.74, 6) is 0. The SMILES string of the molecule is c1ccc(-c2cc(-c3ccccc3)cc(-c3ccc4c(c3)c(-c3cc(-c5ccccc5)cc(-c5ccccc5)c3)cn4-c3ccc4c(c3)C(c3ccccc3)(c3ccccc3)c3ccccc3-4)c2)cc1. The lowest BCUT2D eigenvalue weighted by Gasteiger charge is -2.34. The normalized spacial score (nSPS) is 12.4. The Hall–Kier alpha value is -9.04. The monoisotopic (exact) mass is 889 g/mol. The molecule has 0 N–H and O–H groups in total. The number of hydrogen-bond acceptors (Lipinski definition) is 0. The summed E-state index contributed by atoms with van der Waals surface area (Å²) in [4.78, 5) is 0. The summed E-state index contributed by atoms with van der Waals surface area (Å²) in [5.41, 5.74) is 23.6. The predicted octanol–water partition coefficient (Wildman–Crippen LogP) is 18.0. The van der Waals surface area contributed by atoms with Gasteiger partial charge in [-0.1, -0.05) is 218 Å². The lowest BCUT2D eigenvalue weighted by Crippen LogP contribution is -2.28. The third-order valence-electron chi connectivity index (χ3n) is 14.5. The number of hydrogen-bond donors (Lipinski definition) is 0. The van der Waals surface area contributed by atoms with Crippen molar-refractivity contribution in [1.82, 2.24) is 4.57 Å².